The van der Waals surface area contributed by atoms with Crippen LogP contribution in [0.3, 0.4) is 0 Å². The van der Waals surface area contributed by atoms with Crippen LogP contribution in [-0.4, -0.2) is 22.8 Å². The van der Waals surface area contributed by atoms with Crippen LogP contribution in [0.2, 0.25) is 0 Å². The fraction of sp³-hybridized carbons (Fsp3) is 0.562. The van der Waals surface area contributed by atoms with Crippen molar-refractivity contribution in [3.05, 3.63) is 35.4 Å². The molecule has 0 amide bonds. The Kier molecular flexibility index (Phi) is 5.76. The summed E-state index contributed by atoms with van der Waals surface area (Å²) < 4.78 is 42.9. The number of alkyl halides is 3. The third-order valence-corrected chi connectivity index (χ3v) is 3.08. The Labute approximate surface area is 128 Å². The number of halogens is 3. The molecule has 124 valence electrons. The number of ketones is 1. The minimum atomic E-state index is -4.40. The number of hydrogen-bond donors (Lipinski definition) is 1. The third-order valence-electron chi connectivity index (χ3n) is 3.08. The SMILES string of the molecule is CC(=O)C(Cc1ccc(C(F)(F)F)cc1)C(O)OC(C)(C)C. The molecule has 22 heavy (non-hydrogen) atoms. The Bertz CT molecular complexity index is 501. The number of aliphatic hydroxyl groups excluding tert-OH is 1. The summed E-state index contributed by atoms with van der Waals surface area (Å²) in [6, 6.07) is 4.54. The second-order valence-corrected chi connectivity index (χ2v) is 6.24. The van der Waals surface area contributed by atoms with Crippen LogP contribution in [0, 0.1) is 5.92 Å². The van der Waals surface area contributed by atoms with Crippen molar-refractivity contribution in [2.75, 3.05) is 0 Å². The average Bonchev–Trinajstić information content (AvgIpc) is 2.32. The highest BCUT2D eigenvalue weighted by molar-refractivity contribution is 5.79. The molecule has 2 atom stereocenters. The minimum absolute atomic E-state index is 0.116. The van der Waals surface area contributed by atoms with Gasteiger partial charge in [-0.25, -0.2) is 0 Å². The van der Waals surface area contributed by atoms with Crippen LogP contribution in [-0.2, 0) is 22.1 Å². The van der Waals surface area contributed by atoms with Crippen LogP contribution >= 0.6 is 0 Å². The molecule has 1 rings (SSSR count). The smallest absolute Gasteiger partial charge is 0.367 e. The standard InChI is InChI=1S/C16H21F3O3/c1-10(20)13(14(21)22-15(2,3)4)9-11-5-7-12(8-6-11)16(17,18)19/h5-8,13-14,21H,9H2,1-4H3. The van der Waals surface area contributed by atoms with Gasteiger partial charge in [0.2, 0.25) is 0 Å². The van der Waals surface area contributed by atoms with Gasteiger partial charge in [0.15, 0.2) is 6.29 Å². The maximum Gasteiger partial charge on any atom is 0.416 e. The lowest BCUT2D eigenvalue weighted by atomic mass is 9.94. The average molecular weight is 318 g/mol. The molecule has 0 aliphatic carbocycles. The molecule has 0 fully saturated rings. The maximum atomic E-state index is 12.5. The topological polar surface area (TPSA) is 46.5 Å². The van der Waals surface area contributed by atoms with Gasteiger partial charge in [-0.3, -0.25) is 4.79 Å². The molecule has 0 spiro atoms. The molecule has 3 nitrogen and oxygen atoms in total. The number of aliphatic hydroxyl groups is 1. The monoisotopic (exact) mass is 318 g/mol. The van der Waals surface area contributed by atoms with E-state index in [1.54, 1.807) is 20.8 Å². The molecule has 0 saturated heterocycles. The van der Waals surface area contributed by atoms with Crippen molar-refractivity contribution in [3.63, 3.8) is 0 Å². The second kappa shape index (κ2) is 6.79. The highest BCUT2D eigenvalue weighted by Gasteiger charge is 2.31. The molecular formula is C16H21F3O3. The first-order valence-corrected chi connectivity index (χ1v) is 6.92. The Morgan fingerprint density at radius 3 is 2.05 bits per heavy atom. The van der Waals surface area contributed by atoms with Gasteiger partial charge in [0, 0.05) is 0 Å². The number of carbonyl (C=O) groups is 1. The van der Waals surface area contributed by atoms with E-state index in [1.807, 2.05) is 0 Å². The van der Waals surface area contributed by atoms with Gasteiger partial charge in [0.25, 0.3) is 0 Å². The van der Waals surface area contributed by atoms with Crippen LogP contribution in [0.1, 0.15) is 38.8 Å². The van der Waals surface area contributed by atoms with Gasteiger partial charge in [-0.05, 0) is 51.8 Å². The zero-order chi connectivity index (χ0) is 17.1. The first kappa shape index (κ1) is 18.6. The van der Waals surface area contributed by atoms with Gasteiger partial charge < -0.3 is 9.84 Å². The summed E-state index contributed by atoms with van der Waals surface area (Å²) in [6.07, 6.45) is -5.59. The highest BCUT2D eigenvalue weighted by atomic mass is 19.4. The summed E-state index contributed by atoms with van der Waals surface area (Å²) in [5.74, 6) is -1.10. The fourth-order valence-corrected chi connectivity index (χ4v) is 1.97. The Hall–Kier alpha value is -1.40. The van der Waals surface area contributed by atoms with E-state index in [0.29, 0.717) is 5.56 Å². The normalized spacial score (nSPS) is 15.5. The first-order chi connectivity index (χ1) is 9.90. The highest BCUT2D eigenvalue weighted by Crippen LogP contribution is 2.29. The number of ether oxygens (including phenoxy) is 1. The van der Waals surface area contributed by atoms with E-state index in [0.717, 1.165) is 12.1 Å². The molecule has 0 radical (unpaired) electrons. The van der Waals surface area contributed by atoms with Crippen LogP contribution < -0.4 is 0 Å². The van der Waals surface area contributed by atoms with E-state index in [2.05, 4.69) is 0 Å². The third kappa shape index (κ3) is 5.77. The molecule has 1 aromatic rings. The van der Waals surface area contributed by atoms with Crippen molar-refractivity contribution < 1.29 is 27.8 Å². The molecular weight excluding hydrogens is 297 g/mol. The van der Waals surface area contributed by atoms with E-state index < -0.39 is 29.5 Å². The molecule has 0 aromatic heterocycles. The Morgan fingerprint density at radius 2 is 1.68 bits per heavy atom. The number of carbonyl (C=O) groups excluding carboxylic acids is 1. The van der Waals surface area contributed by atoms with Crippen molar-refractivity contribution in [3.8, 4) is 0 Å². The molecule has 2 unspecified atom stereocenters. The van der Waals surface area contributed by atoms with E-state index >= 15 is 0 Å². The largest absolute Gasteiger partial charge is 0.416 e. The van der Waals surface area contributed by atoms with Gasteiger partial charge in [-0.1, -0.05) is 12.1 Å². The Balaban J connectivity index is 2.86. The van der Waals surface area contributed by atoms with E-state index in [1.165, 1.54) is 19.1 Å². The number of benzene rings is 1. The predicted molar refractivity (Wildman–Crippen MR) is 76.2 cm³/mol. The number of rotatable bonds is 5. The summed E-state index contributed by atoms with van der Waals surface area (Å²) in [4.78, 5) is 11.7. The van der Waals surface area contributed by atoms with Gasteiger partial charge >= 0.3 is 6.18 Å². The predicted octanol–water partition coefficient (Wildman–Crippen LogP) is 3.59. The van der Waals surface area contributed by atoms with Gasteiger partial charge in [-0.2, -0.15) is 13.2 Å². The molecule has 6 heteroatoms. The van der Waals surface area contributed by atoms with E-state index in [4.69, 9.17) is 4.74 Å². The minimum Gasteiger partial charge on any atom is -0.367 e. The molecule has 1 aromatic carbocycles. The number of hydrogen-bond acceptors (Lipinski definition) is 3. The first-order valence-electron chi connectivity index (χ1n) is 6.92. The summed E-state index contributed by atoms with van der Waals surface area (Å²) in [6.45, 7) is 6.55. The molecule has 1 N–H and O–H groups in total. The molecule has 0 aliphatic rings. The summed E-state index contributed by atoms with van der Waals surface area (Å²) >= 11 is 0. The summed E-state index contributed by atoms with van der Waals surface area (Å²) in [7, 11) is 0. The molecule has 0 saturated carbocycles. The van der Waals surface area contributed by atoms with Crippen molar-refractivity contribution >= 4 is 5.78 Å². The van der Waals surface area contributed by atoms with Crippen molar-refractivity contribution in [1.82, 2.24) is 0 Å². The quantitative estimate of drug-likeness (QED) is 0.844. The zero-order valence-electron chi connectivity index (χ0n) is 13.1. The van der Waals surface area contributed by atoms with Gasteiger partial charge in [-0.15, -0.1) is 0 Å². The van der Waals surface area contributed by atoms with Crippen LogP contribution in [0.15, 0.2) is 24.3 Å². The lowest BCUT2D eigenvalue weighted by molar-refractivity contribution is -0.192. The van der Waals surface area contributed by atoms with Crippen molar-refractivity contribution in [2.24, 2.45) is 5.92 Å². The van der Waals surface area contributed by atoms with Crippen LogP contribution in [0.4, 0.5) is 13.2 Å². The second-order valence-electron chi connectivity index (χ2n) is 6.24. The fourth-order valence-electron chi connectivity index (χ4n) is 1.97. The Morgan fingerprint density at radius 1 is 1.18 bits per heavy atom. The summed E-state index contributed by atoms with van der Waals surface area (Å²) in [5, 5.41) is 10.0. The van der Waals surface area contributed by atoms with E-state index in [-0.39, 0.29) is 12.2 Å². The summed E-state index contributed by atoms with van der Waals surface area (Å²) in [5.41, 5.74) is -0.848. The van der Waals surface area contributed by atoms with Crippen LogP contribution in [0.5, 0.6) is 0 Å². The van der Waals surface area contributed by atoms with E-state index in [9.17, 15) is 23.1 Å². The van der Waals surface area contributed by atoms with Crippen molar-refractivity contribution in [2.45, 2.75) is 52.2 Å². The molecule has 0 heterocycles. The van der Waals surface area contributed by atoms with Gasteiger partial charge in [0.05, 0.1) is 17.1 Å². The van der Waals surface area contributed by atoms with Crippen LogP contribution in [0.25, 0.3) is 0 Å². The van der Waals surface area contributed by atoms with Crippen molar-refractivity contribution in [1.29, 1.82) is 0 Å². The van der Waals surface area contributed by atoms with Gasteiger partial charge in [0.1, 0.15) is 5.78 Å². The number of Topliss-reactive ketones (excluding diaryl/α,β-unsaturated/α-hetero) is 1. The molecule has 0 bridgehead atoms. The zero-order valence-corrected chi connectivity index (χ0v) is 13.1. The lowest BCUT2D eigenvalue weighted by Crippen LogP contribution is -2.37. The lowest BCUT2D eigenvalue weighted by Gasteiger charge is -2.28. The maximum absolute atomic E-state index is 12.5. The molecule has 0 aliphatic heterocycles.